The number of Topliss-reactive ketones (excluding diaryl/α,β-unsaturated/α-hetero) is 1. The highest BCUT2D eigenvalue weighted by molar-refractivity contribution is 6.38. The summed E-state index contributed by atoms with van der Waals surface area (Å²) >= 11 is 0. The molecule has 12 heteroatoms. The summed E-state index contributed by atoms with van der Waals surface area (Å²) in [6, 6.07) is 8.77. The lowest BCUT2D eigenvalue weighted by atomic mass is 9.94. The van der Waals surface area contributed by atoms with Crippen LogP contribution in [0.4, 0.5) is 10.5 Å². The fourth-order valence-electron chi connectivity index (χ4n) is 4.53. The largest absolute Gasteiger partial charge is 0.444 e. The molecule has 218 valence electrons. The first-order valence-corrected chi connectivity index (χ1v) is 13.6. The average Bonchev–Trinajstić information content (AvgIpc) is 3.62. The summed E-state index contributed by atoms with van der Waals surface area (Å²) in [6.07, 6.45) is 1.22. The minimum Gasteiger partial charge on any atom is -0.444 e. The molecule has 41 heavy (non-hydrogen) atoms. The summed E-state index contributed by atoms with van der Waals surface area (Å²) in [6.45, 7) is 5.60. The summed E-state index contributed by atoms with van der Waals surface area (Å²) in [4.78, 5) is 78.2. The number of pyridine rings is 1. The van der Waals surface area contributed by atoms with Crippen molar-refractivity contribution in [1.82, 2.24) is 20.9 Å². The van der Waals surface area contributed by atoms with Gasteiger partial charge in [0.2, 0.25) is 17.6 Å². The lowest BCUT2D eigenvalue weighted by Gasteiger charge is -2.20. The Morgan fingerprint density at radius 3 is 2.39 bits per heavy atom. The number of ether oxygens (including phenoxy) is 1. The van der Waals surface area contributed by atoms with E-state index in [1.54, 1.807) is 51.1 Å². The van der Waals surface area contributed by atoms with Gasteiger partial charge in [0, 0.05) is 29.8 Å². The summed E-state index contributed by atoms with van der Waals surface area (Å²) < 4.78 is 5.19. The van der Waals surface area contributed by atoms with E-state index < -0.39 is 46.8 Å². The van der Waals surface area contributed by atoms with Crippen LogP contribution in [0.1, 0.15) is 52.0 Å². The van der Waals surface area contributed by atoms with E-state index >= 15 is 0 Å². The van der Waals surface area contributed by atoms with Crippen molar-refractivity contribution in [2.45, 2.75) is 70.6 Å². The second kappa shape index (κ2) is 12.4. The number of aromatic nitrogens is 1. The van der Waals surface area contributed by atoms with Crippen molar-refractivity contribution in [3.05, 3.63) is 52.3 Å². The van der Waals surface area contributed by atoms with Crippen LogP contribution in [-0.2, 0) is 30.3 Å². The van der Waals surface area contributed by atoms with Gasteiger partial charge in [-0.25, -0.2) is 4.79 Å². The molecule has 2 aliphatic rings. The van der Waals surface area contributed by atoms with Gasteiger partial charge in [0.15, 0.2) is 0 Å². The van der Waals surface area contributed by atoms with E-state index in [0.29, 0.717) is 29.8 Å². The number of aromatic amines is 1. The maximum Gasteiger partial charge on any atom is 0.412 e. The quantitative estimate of drug-likeness (QED) is 0.273. The molecule has 0 bridgehead atoms. The third-order valence-corrected chi connectivity index (χ3v) is 6.67. The molecule has 1 saturated carbocycles. The van der Waals surface area contributed by atoms with Gasteiger partial charge in [-0.15, -0.1) is 0 Å². The van der Waals surface area contributed by atoms with Crippen LogP contribution >= 0.6 is 0 Å². The molecule has 1 saturated heterocycles. The Balaban J connectivity index is 1.48. The van der Waals surface area contributed by atoms with Gasteiger partial charge in [-0.1, -0.05) is 24.3 Å². The molecule has 1 aliphatic carbocycles. The molecule has 5 N–H and O–H groups in total. The number of H-pyrrole nitrogens is 1. The average molecular weight is 566 g/mol. The molecule has 0 unspecified atom stereocenters. The number of benzene rings is 1. The van der Waals surface area contributed by atoms with E-state index in [2.05, 4.69) is 26.3 Å². The van der Waals surface area contributed by atoms with Gasteiger partial charge in [0.05, 0.1) is 12.5 Å². The minimum atomic E-state index is -1.15. The second-order valence-corrected chi connectivity index (χ2v) is 11.3. The maximum atomic E-state index is 13.2. The van der Waals surface area contributed by atoms with Gasteiger partial charge in [-0.2, -0.15) is 0 Å². The summed E-state index contributed by atoms with van der Waals surface area (Å²) in [7, 11) is 0. The lowest BCUT2D eigenvalue weighted by Crippen LogP contribution is -2.49. The number of hydrogen-bond acceptors (Lipinski definition) is 7. The standard InChI is InChI=1S/C29H35N5O7/c1-29(2,3)41-28(40)34-21-11-10-20(33-26(21)38)19-7-5-4-6-16(19)15-23(35)32-22(14-17-12-13-30-25(17)37)24(36)27(39)31-18-8-9-18/h4-7,10-11,17-18,22H,8-9,12-15H2,1-3H3,(H,30,37)(H,31,39)(H,32,35)(H,33,38)(H,34,40)/t17-,22-/m0/s1. The summed E-state index contributed by atoms with van der Waals surface area (Å²) in [5.41, 5.74) is 0.237. The van der Waals surface area contributed by atoms with Crippen molar-refractivity contribution in [3.8, 4) is 11.3 Å². The van der Waals surface area contributed by atoms with Gasteiger partial charge < -0.3 is 25.7 Å². The van der Waals surface area contributed by atoms with Crippen LogP contribution in [0.15, 0.2) is 41.2 Å². The van der Waals surface area contributed by atoms with Gasteiger partial charge in [-0.05, 0) is 64.2 Å². The van der Waals surface area contributed by atoms with Crippen molar-refractivity contribution in [2.24, 2.45) is 5.92 Å². The zero-order chi connectivity index (χ0) is 29.7. The van der Waals surface area contributed by atoms with Gasteiger partial charge in [0.25, 0.3) is 11.5 Å². The second-order valence-electron chi connectivity index (χ2n) is 11.3. The SMILES string of the molecule is CC(C)(C)OC(=O)Nc1ccc(-c2ccccc2CC(=O)N[C@@H](C[C@@H]2CCNC2=O)C(=O)C(=O)NC2CC2)[nH]c1=O. The number of ketones is 1. The van der Waals surface area contributed by atoms with E-state index in [1.807, 2.05) is 0 Å². The van der Waals surface area contributed by atoms with Crippen LogP contribution in [-0.4, -0.2) is 58.8 Å². The van der Waals surface area contributed by atoms with E-state index in [0.717, 1.165) is 12.8 Å². The Hall–Kier alpha value is -4.48. The first-order chi connectivity index (χ1) is 19.4. The van der Waals surface area contributed by atoms with Crippen LogP contribution in [0.5, 0.6) is 0 Å². The van der Waals surface area contributed by atoms with Crippen molar-refractivity contribution in [2.75, 3.05) is 11.9 Å². The van der Waals surface area contributed by atoms with Gasteiger partial charge in [-0.3, -0.25) is 29.3 Å². The van der Waals surface area contributed by atoms with Crippen molar-refractivity contribution in [1.29, 1.82) is 0 Å². The van der Waals surface area contributed by atoms with Gasteiger partial charge in [0.1, 0.15) is 11.3 Å². The highest BCUT2D eigenvalue weighted by Crippen LogP contribution is 2.23. The molecule has 12 nitrogen and oxygen atoms in total. The van der Waals surface area contributed by atoms with Crippen LogP contribution < -0.4 is 26.8 Å². The molecule has 0 radical (unpaired) electrons. The minimum absolute atomic E-state index is 0.00000212. The molecule has 2 aromatic rings. The van der Waals surface area contributed by atoms with Crippen LogP contribution in [0.25, 0.3) is 11.3 Å². The van der Waals surface area contributed by atoms with E-state index in [4.69, 9.17) is 4.74 Å². The normalized spacial score (nSPS) is 17.2. The highest BCUT2D eigenvalue weighted by atomic mass is 16.6. The first-order valence-electron chi connectivity index (χ1n) is 13.6. The number of rotatable bonds is 10. The van der Waals surface area contributed by atoms with Crippen LogP contribution in [0, 0.1) is 5.92 Å². The van der Waals surface area contributed by atoms with Crippen molar-refractivity contribution < 1.29 is 28.7 Å². The van der Waals surface area contributed by atoms with E-state index in [1.165, 1.54) is 6.07 Å². The summed E-state index contributed by atoms with van der Waals surface area (Å²) in [5.74, 6) is -2.76. The molecular weight excluding hydrogens is 530 g/mol. The molecule has 0 spiro atoms. The molecule has 1 aliphatic heterocycles. The Morgan fingerprint density at radius 1 is 1.02 bits per heavy atom. The lowest BCUT2D eigenvalue weighted by molar-refractivity contribution is -0.140. The summed E-state index contributed by atoms with van der Waals surface area (Å²) in [5, 5.41) is 10.4. The van der Waals surface area contributed by atoms with Crippen LogP contribution in [0.2, 0.25) is 0 Å². The zero-order valence-corrected chi connectivity index (χ0v) is 23.3. The fraction of sp³-hybridized carbons (Fsp3) is 0.448. The molecule has 2 atom stereocenters. The predicted octanol–water partition coefficient (Wildman–Crippen LogP) is 1.79. The Kier molecular flexibility index (Phi) is 8.89. The topological polar surface area (TPSA) is 176 Å². The van der Waals surface area contributed by atoms with Crippen LogP contribution in [0.3, 0.4) is 0 Å². The smallest absolute Gasteiger partial charge is 0.412 e. The Bertz CT molecular complexity index is 1410. The monoisotopic (exact) mass is 565 g/mol. The number of hydrogen-bond donors (Lipinski definition) is 5. The van der Waals surface area contributed by atoms with Crippen molar-refractivity contribution in [3.63, 3.8) is 0 Å². The number of nitrogens with one attached hydrogen (secondary N) is 5. The fourth-order valence-corrected chi connectivity index (χ4v) is 4.53. The van der Waals surface area contributed by atoms with Gasteiger partial charge >= 0.3 is 6.09 Å². The number of anilines is 1. The highest BCUT2D eigenvalue weighted by Gasteiger charge is 2.36. The molecular formula is C29H35N5O7. The Morgan fingerprint density at radius 2 is 1.76 bits per heavy atom. The molecule has 1 aromatic heterocycles. The molecule has 2 fully saturated rings. The third kappa shape index (κ3) is 8.26. The molecule has 2 heterocycles. The first kappa shape index (κ1) is 29.5. The molecule has 4 amide bonds. The Labute approximate surface area is 237 Å². The van der Waals surface area contributed by atoms with Crippen molar-refractivity contribution >= 4 is 35.3 Å². The predicted molar refractivity (Wildman–Crippen MR) is 150 cm³/mol. The molecule has 4 rings (SSSR count). The third-order valence-electron chi connectivity index (χ3n) is 6.67. The zero-order valence-electron chi connectivity index (χ0n) is 23.3. The maximum absolute atomic E-state index is 13.2. The number of amides is 4. The van der Waals surface area contributed by atoms with E-state index in [-0.39, 0.29) is 30.5 Å². The molecule has 1 aromatic carbocycles. The number of carbonyl (C=O) groups excluding carboxylic acids is 5. The number of carbonyl (C=O) groups is 5. The van der Waals surface area contributed by atoms with E-state index in [9.17, 15) is 28.8 Å².